The summed E-state index contributed by atoms with van der Waals surface area (Å²) in [5.41, 5.74) is 4.22. The maximum Gasteiger partial charge on any atom is 0.159 e. The number of carbonyl (C=O) groups excluding carboxylic acids is 1. The van der Waals surface area contributed by atoms with Gasteiger partial charge in [0, 0.05) is 36.1 Å². The van der Waals surface area contributed by atoms with E-state index >= 15 is 0 Å². The SMILES string of the molecule is CC(=O)c1cc(-c2cncnc2)c2nc(C)n(C)c2c1. The van der Waals surface area contributed by atoms with E-state index in [2.05, 4.69) is 15.0 Å². The van der Waals surface area contributed by atoms with Crippen molar-refractivity contribution in [3.05, 3.63) is 42.2 Å². The van der Waals surface area contributed by atoms with Crippen LogP contribution in [-0.4, -0.2) is 25.3 Å². The molecule has 20 heavy (non-hydrogen) atoms. The molecule has 0 saturated heterocycles. The number of Topliss-reactive ketones (excluding diaryl/α,β-unsaturated/α-hetero) is 1. The maximum absolute atomic E-state index is 11.7. The van der Waals surface area contributed by atoms with Crippen molar-refractivity contribution in [3.8, 4) is 11.1 Å². The van der Waals surface area contributed by atoms with Crippen LogP contribution in [0.5, 0.6) is 0 Å². The number of nitrogens with zero attached hydrogens (tertiary/aromatic N) is 4. The third-order valence-corrected chi connectivity index (χ3v) is 3.49. The van der Waals surface area contributed by atoms with Crippen LogP contribution in [0.4, 0.5) is 0 Å². The quantitative estimate of drug-likeness (QED) is 0.669. The fourth-order valence-electron chi connectivity index (χ4n) is 2.26. The van der Waals surface area contributed by atoms with Crippen LogP contribution in [0.25, 0.3) is 22.2 Å². The summed E-state index contributed by atoms with van der Waals surface area (Å²) in [6.07, 6.45) is 4.95. The molecule has 3 rings (SSSR count). The van der Waals surface area contributed by atoms with E-state index < -0.39 is 0 Å². The Kier molecular flexibility index (Phi) is 2.82. The van der Waals surface area contributed by atoms with Gasteiger partial charge in [-0.3, -0.25) is 4.79 Å². The molecule has 0 aliphatic carbocycles. The zero-order valence-electron chi connectivity index (χ0n) is 11.6. The van der Waals surface area contributed by atoms with Crippen LogP contribution in [0.2, 0.25) is 0 Å². The standard InChI is InChI=1S/C15H14N4O/c1-9(20)11-4-13(12-6-16-8-17-7-12)15-14(5-11)19(3)10(2)18-15/h4-8H,1-3H3. The average molecular weight is 266 g/mol. The molecule has 0 N–H and O–H groups in total. The molecular formula is C15H14N4O. The molecule has 0 unspecified atom stereocenters. The Balaban J connectivity index is 2.40. The molecule has 0 aliphatic heterocycles. The van der Waals surface area contributed by atoms with Gasteiger partial charge in [0.15, 0.2) is 5.78 Å². The largest absolute Gasteiger partial charge is 0.331 e. The zero-order valence-corrected chi connectivity index (χ0v) is 11.6. The highest BCUT2D eigenvalue weighted by molar-refractivity contribution is 6.02. The second kappa shape index (κ2) is 4.52. The molecule has 0 spiro atoms. The van der Waals surface area contributed by atoms with Gasteiger partial charge in [-0.2, -0.15) is 0 Å². The van der Waals surface area contributed by atoms with E-state index in [0.29, 0.717) is 5.56 Å². The Bertz CT molecular complexity index is 806. The van der Waals surface area contributed by atoms with Gasteiger partial charge in [-0.15, -0.1) is 0 Å². The van der Waals surface area contributed by atoms with Gasteiger partial charge in [0.2, 0.25) is 0 Å². The number of rotatable bonds is 2. The third-order valence-electron chi connectivity index (χ3n) is 3.49. The van der Waals surface area contributed by atoms with E-state index in [1.807, 2.05) is 30.7 Å². The number of carbonyl (C=O) groups is 1. The number of fused-ring (bicyclic) bond motifs is 1. The molecule has 100 valence electrons. The van der Waals surface area contributed by atoms with Crippen LogP contribution in [0.1, 0.15) is 23.1 Å². The van der Waals surface area contributed by atoms with Crippen molar-refractivity contribution in [3.63, 3.8) is 0 Å². The van der Waals surface area contributed by atoms with Gasteiger partial charge in [0.05, 0.1) is 11.0 Å². The summed E-state index contributed by atoms with van der Waals surface area (Å²) in [4.78, 5) is 24.4. The molecule has 0 radical (unpaired) electrons. The van der Waals surface area contributed by atoms with Gasteiger partial charge in [0.25, 0.3) is 0 Å². The van der Waals surface area contributed by atoms with E-state index in [0.717, 1.165) is 28.0 Å². The summed E-state index contributed by atoms with van der Waals surface area (Å²) in [5.74, 6) is 0.933. The van der Waals surface area contributed by atoms with Gasteiger partial charge in [-0.05, 0) is 26.0 Å². The summed E-state index contributed by atoms with van der Waals surface area (Å²) in [6.45, 7) is 3.51. The van der Waals surface area contributed by atoms with Crippen molar-refractivity contribution in [1.29, 1.82) is 0 Å². The molecule has 2 heterocycles. The van der Waals surface area contributed by atoms with Gasteiger partial charge in [-0.1, -0.05) is 0 Å². The third kappa shape index (κ3) is 1.87. The molecule has 0 fully saturated rings. The van der Waals surface area contributed by atoms with E-state index in [1.165, 1.54) is 6.33 Å². The molecule has 5 nitrogen and oxygen atoms in total. The Morgan fingerprint density at radius 2 is 1.90 bits per heavy atom. The minimum absolute atomic E-state index is 0.0313. The summed E-state index contributed by atoms with van der Waals surface area (Å²) >= 11 is 0. The molecule has 1 aromatic carbocycles. The fraction of sp³-hybridized carbons (Fsp3) is 0.200. The molecular weight excluding hydrogens is 252 g/mol. The van der Waals surface area contributed by atoms with Gasteiger partial charge >= 0.3 is 0 Å². The first kappa shape index (κ1) is 12.5. The van der Waals surface area contributed by atoms with E-state index in [9.17, 15) is 4.79 Å². The predicted molar refractivity (Wildman–Crippen MR) is 76.5 cm³/mol. The van der Waals surface area contributed by atoms with Crippen LogP contribution >= 0.6 is 0 Å². The minimum atomic E-state index is 0.0313. The highest BCUT2D eigenvalue weighted by Gasteiger charge is 2.14. The van der Waals surface area contributed by atoms with Crippen molar-refractivity contribution >= 4 is 16.8 Å². The molecule has 0 bridgehead atoms. The fourth-order valence-corrected chi connectivity index (χ4v) is 2.26. The Morgan fingerprint density at radius 1 is 1.20 bits per heavy atom. The van der Waals surface area contributed by atoms with Gasteiger partial charge in [-0.25, -0.2) is 15.0 Å². The number of hydrogen-bond donors (Lipinski definition) is 0. The van der Waals surface area contributed by atoms with Gasteiger partial charge < -0.3 is 4.57 Å². The van der Waals surface area contributed by atoms with Crippen LogP contribution in [-0.2, 0) is 7.05 Å². The lowest BCUT2D eigenvalue weighted by atomic mass is 10.0. The van der Waals surface area contributed by atoms with Crippen molar-refractivity contribution in [2.24, 2.45) is 7.05 Å². The molecule has 3 aromatic rings. The van der Waals surface area contributed by atoms with Crippen LogP contribution in [0, 0.1) is 6.92 Å². The summed E-state index contributed by atoms with van der Waals surface area (Å²) in [6, 6.07) is 3.74. The van der Waals surface area contributed by atoms with E-state index in [-0.39, 0.29) is 5.78 Å². The number of benzene rings is 1. The highest BCUT2D eigenvalue weighted by atomic mass is 16.1. The second-order valence-electron chi connectivity index (χ2n) is 4.79. The topological polar surface area (TPSA) is 60.7 Å². The number of ketones is 1. The lowest BCUT2D eigenvalue weighted by Gasteiger charge is -2.05. The smallest absolute Gasteiger partial charge is 0.159 e. The Morgan fingerprint density at radius 3 is 2.55 bits per heavy atom. The summed E-state index contributed by atoms with van der Waals surface area (Å²) in [7, 11) is 1.94. The summed E-state index contributed by atoms with van der Waals surface area (Å²) < 4.78 is 1.98. The first-order valence-corrected chi connectivity index (χ1v) is 6.31. The molecule has 0 aliphatic rings. The van der Waals surface area contributed by atoms with Crippen LogP contribution < -0.4 is 0 Å². The van der Waals surface area contributed by atoms with Gasteiger partial charge in [0.1, 0.15) is 12.2 Å². The number of aryl methyl sites for hydroxylation is 2. The van der Waals surface area contributed by atoms with E-state index in [4.69, 9.17) is 0 Å². The zero-order chi connectivity index (χ0) is 14.3. The first-order valence-electron chi connectivity index (χ1n) is 6.31. The molecule has 0 atom stereocenters. The monoisotopic (exact) mass is 266 g/mol. The van der Waals surface area contributed by atoms with Crippen molar-refractivity contribution < 1.29 is 4.79 Å². The second-order valence-corrected chi connectivity index (χ2v) is 4.79. The predicted octanol–water partition coefficient (Wildman–Crippen LogP) is 2.54. The number of hydrogen-bond acceptors (Lipinski definition) is 4. The van der Waals surface area contributed by atoms with Crippen molar-refractivity contribution in [2.75, 3.05) is 0 Å². The minimum Gasteiger partial charge on any atom is -0.331 e. The first-order chi connectivity index (χ1) is 9.58. The molecule has 0 amide bonds. The van der Waals surface area contributed by atoms with E-state index in [1.54, 1.807) is 19.3 Å². The average Bonchev–Trinajstić information content (AvgIpc) is 2.74. The molecule has 0 saturated carbocycles. The highest BCUT2D eigenvalue weighted by Crippen LogP contribution is 2.29. The number of aromatic nitrogens is 4. The van der Waals surface area contributed by atoms with Crippen molar-refractivity contribution in [1.82, 2.24) is 19.5 Å². The number of imidazole rings is 1. The maximum atomic E-state index is 11.7. The molecule has 5 heteroatoms. The molecule has 2 aromatic heterocycles. The van der Waals surface area contributed by atoms with Crippen LogP contribution in [0.3, 0.4) is 0 Å². The lowest BCUT2D eigenvalue weighted by molar-refractivity contribution is 0.101. The van der Waals surface area contributed by atoms with Crippen LogP contribution in [0.15, 0.2) is 30.9 Å². The lowest BCUT2D eigenvalue weighted by Crippen LogP contribution is -1.96. The van der Waals surface area contributed by atoms with Crippen molar-refractivity contribution in [2.45, 2.75) is 13.8 Å². The Labute approximate surface area is 116 Å². The normalized spacial score (nSPS) is 10.9. The Hall–Kier alpha value is -2.56. The summed E-state index contributed by atoms with van der Waals surface area (Å²) in [5, 5.41) is 0.